The van der Waals surface area contributed by atoms with Gasteiger partial charge in [0.2, 0.25) is 0 Å². The summed E-state index contributed by atoms with van der Waals surface area (Å²) in [4.78, 5) is 13.1. The van der Waals surface area contributed by atoms with E-state index >= 15 is 0 Å². The molecule has 32 heavy (non-hydrogen) atoms. The zero-order valence-corrected chi connectivity index (χ0v) is 20.1. The maximum Gasteiger partial charge on any atom is 0.272 e. The van der Waals surface area contributed by atoms with Gasteiger partial charge >= 0.3 is 0 Å². The van der Waals surface area contributed by atoms with Crippen molar-refractivity contribution in [2.75, 3.05) is 13.7 Å². The van der Waals surface area contributed by atoms with Gasteiger partial charge in [0.15, 0.2) is 17.2 Å². The lowest BCUT2D eigenvalue weighted by atomic mass is 9.96. The number of nitrogens with zero attached hydrogens (tertiary/aromatic N) is 2. The van der Waals surface area contributed by atoms with Crippen molar-refractivity contribution >= 4 is 17.2 Å². The van der Waals surface area contributed by atoms with E-state index in [2.05, 4.69) is 26.1 Å². The molecule has 1 N–H and O–H groups in total. The monoisotopic (exact) mass is 455 g/mol. The molecule has 1 amide bonds. The maximum absolute atomic E-state index is 13.1. The molecular formula is C24H29N3O4S. The lowest BCUT2D eigenvalue weighted by Gasteiger charge is -2.23. The van der Waals surface area contributed by atoms with Crippen LogP contribution in [-0.2, 0) is 6.61 Å². The zero-order valence-electron chi connectivity index (χ0n) is 19.3. The van der Waals surface area contributed by atoms with E-state index in [1.54, 1.807) is 18.4 Å². The van der Waals surface area contributed by atoms with Crippen molar-refractivity contribution in [3.63, 3.8) is 0 Å². The molecule has 0 spiro atoms. The molecule has 0 saturated carbocycles. The SMILES string of the molecule is COc1cc2c(cc1OC(C)C)-c1c(c(C(=O)NCC(C)(C)C)nn1-c1ccsc1)CO2. The predicted molar refractivity (Wildman–Crippen MR) is 125 cm³/mol. The Kier molecular flexibility index (Phi) is 5.90. The lowest BCUT2D eigenvalue weighted by molar-refractivity contribution is 0.0931. The number of hydrogen-bond acceptors (Lipinski definition) is 6. The fourth-order valence-corrected chi connectivity index (χ4v) is 4.16. The quantitative estimate of drug-likeness (QED) is 0.562. The molecule has 1 aliphatic rings. The van der Waals surface area contributed by atoms with E-state index in [0.29, 0.717) is 29.5 Å². The van der Waals surface area contributed by atoms with Crippen LogP contribution < -0.4 is 19.5 Å². The number of thiophene rings is 1. The average Bonchev–Trinajstić information content (AvgIpc) is 3.38. The van der Waals surface area contributed by atoms with Gasteiger partial charge in [0.05, 0.1) is 24.6 Å². The minimum atomic E-state index is -0.204. The normalized spacial score (nSPS) is 12.7. The van der Waals surface area contributed by atoms with Gasteiger partial charge in [-0.15, -0.1) is 0 Å². The van der Waals surface area contributed by atoms with E-state index in [1.165, 1.54) is 0 Å². The van der Waals surface area contributed by atoms with Crippen molar-refractivity contribution in [2.24, 2.45) is 5.41 Å². The molecular weight excluding hydrogens is 426 g/mol. The number of methoxy groups -OCH3 is 1. The van der Waals surface area contributed by atoms with Crippen LogP contribution in [0.3, 0.4) is 0 Å². The average molecular weight is 456 g/mol. The number of carbonyl (C=O) groups is 1. The van der Waals surface area contributed by atoms with E-state index in [4.69, 9.17) is 19.3 Å². The highest BCUT2D eigenvalue weighted by Crippen LogP contribution is 2.46. The Morgan fingerprint density at radius 2 is 2.09 bits per heavy atom. The van der Waals surface area contributed by atoms with Crippen LogP contribution in [-0.4, -0.2) is 35.4 Å². The molecule has 4 rings (SSSR count). The number of ether oxygens (including phenoxy) is 3. The zero-order chi connectivity index (χ0) is 23.0. The van der Waals surface area contributed by atoms with E-state index in [1.807, 2.05) is 47.5 Å². The van der Waals surface area contributed by atoms with Crippen molar-refractivity contribution in [1.82, 2.24) is 15.1 Å². The van der Waals surface area contributed by atoms with Gasteiger partial charge in [0.25, 0.3) is 5.91 Å². The summed E-state index contributed by atoms with van der Waals surface area (Å²) in [5.74, 6) is 1.69. The van der Waals surface area contributed by atoms with Crippen LogP contribution in [0.1, 0.15) is 50.7 Å². The number of fused-ring (bicyclic) bond motifs is 3. The van der Waals surface area contributed by atoms with Gasteiger partial charge < -0.3 is 19.5 Å². The summed E-state index contributed by atoms with van der Waals surface area (Å²) in [5.41, 5.74) is 3.65. The van der Waals surface area contributed by atoms with Gasteiger partial charge in [-0.2, -0.15) is 16.4 Å². The molecule has 8 heteroatoms. The molecule has 170 valence electrons. The second-order valence-electron chi connectivity index (χ2n) is 9.27. The molecule has 2 aromatic heterocycles. The summed E-state index contributed by atoms with van der Waals surface area (Å²) < 4.78 is 19.4. The largest absolute Gasteiger partial charge is 0.493 e. The number of carbonyl (C=O) groups excluding carboxylic acids is 1. The number of hydrogen-bond donors (Lipinski definition) is 1. The summed E-state index contributed by atoms with van der Waals surface area (Å²) in [7, 11) is 1.61. The topological polar surface area (TPSA) is 74.6 Å². The third-order valence-corrected chi connectivity index (χ3v) is 5.66. The summed E-state index contributed by atoms with van der Waals surface area (Å²) in [6, 6.07) is 5.73. The Balaban J connectivity index is 1.86. The van der Waals surface area contributed by atoms with Crippen molar-refractivity contribution < 1.29 is 19.0 Å². The first-order valence-electron chi connectivity index (χ1n) is 10.6. The van der Waals surface area contributed by atoms with Crippen molar-refractivity contribution in [3.8, 4) is 34.2 Å². The summed E-state index contributed by atoms with van der Waals surface area (Å²) in [6.45, 7) is 11.0. The molecule has 0 radical (unpaired) electrons. The van der Waals surface area contributed by atoms with Crippen molar-refractivity contribution in [3.05, 3.63) is 40.2 Å². The fraction of sp³-hybridized carbons (Fsp3) is 0.417. The molecule has 1 aromatic carbocycles. The minimum Gasteiger partial charge on any atom is -0.493 e. The highest BCUT2D eigenvalue weighted by Gasteiger charge is 2.32. The molecule has 1 aliphatic heterocycles. The predicted octanol–water partition coefficient (Wildman–Crippen LogP) is 5.06. The molecule has 0 unspecified atom stereocenters. The second kappa shape index (κ2) is 8.50. The Bertz CT molecular complexity index is 1130. The van der Waals surface area contributed by atoms with Gasteiger partial charge in [-0.25, -0.2) is 4.68 Å². The van der Waals surface area contributed by atoms with Gasteiger partial charge in [-0.3, -0.25) is 4.79 Å². The summed E-state index contributed by atoms with van der Waals surface area (Å²) in [6.07, 6.45) is -0.0218. The Hall–Kier alpha value is -3.00. The lowest BCUT2D eigenvalue weighted by Crippen LogP contribution is -2.33. The summed E-state index contributed by atoms with van der Waals surface area (Å²) >= 11 is 1.58. The molecule has 3 heterocycles. The maximum atomic E-state index is 13.1. The van der Waals surface area contributed by atoms with Crippen LogP contribution in [0.25, 0.3) is 16.9 Å². The van der Waals surface area contributed by atoms with Crippen LogP contribution in [0.5, 0.6) is 17.2 Å². The third-order valence-electron chi connectivity index (χ3n) is 4.98. The van der Waals surface area contributed by atoms with Gasteiger partial charge in [0.1, 0.15) is 12.4 Å². The van der Waals surface area contributed by atoms with E-state index in [-0.39, 0.29) is 24.0 Å². The van der Waals surface area contributed by atoms with Crippen LogP contribution >= 0.6 is 11.3 Å². The molecule has 3 aromatic rings. The number of nitrogens with one attached hydrogen (secondary N) is 1. The third kappa shape index (κ3) is 4.32. The van der Waals surface area contributed by atoms with Crippen LogP contribution in [0, 0.1) is 5.41 Å². The first-order valence-corrected chi connectivity index (χ1v) is 11.6. The number of amides is 1. The molecule has 7 nitrogen and oxygen atoms in total. The van der Waals surface area contributed by atoms with Crippen molar-refractivity contribution in [2.45, 2.75) is 47.3 Å². The van der Waals surface area contributed by atoms with Crippen LogP contribution in [0.4, 0.5) is 0 Å². The molecule has 0 atom stereocenters. The highest BCUT2D eigenvalue weighted by molar-refractivity contribution is 7.08. The van der Waals surface area contributed by atoms with E-state index in [9.17, 15) is 4.79 Å². The van der Waals surface area contributed by atoms with Crippen LogP contribution in [0.15, 0.2) is 29.0 Å². The van der Waals surface area contributed by atoms with Gasteiger partial charge in [0, 0.05) is 29.1 Å². The standard InChI is InChI=1S/C24H29N3O4S/c1-14(2)31-20-9-16-18(10-19(20)29-6)30-11-17-21(23(28)25-13-24(3,4)5)26-27(22(16)17)15-7-8-32-12-15/h7-10,12,14H,11,13H2,1-6H3,(H,25,28). The smallest absolute Gasteiger partial charge is 0.272 e. The van der Waals surface area contributed by atoms with Crippen molar-refractivity contribution in [1.29, 1.82) is 0 Å². The molecule has 0 aliphatic carbocycles. The van der Waals surface area contributed by atoms with E-state index in [0.717, 1.165) is 22.5 Å². The Morgan fingerprint density at radius 1 is 1.31 bits per heavy atom. The first-order chi connectivity index (χ1) is 15.2. The van der Waals surface area contributed by atoms with Gasteiger partial charge in [-0.1, -0.05) is 20.8 Å². The Morgan fingerprint density at radius 3 is 2.72 bits per heavy atom. The Labute approximate surface area is 192 Å². The second-order valence-corrected chi connectivity index (χ2v) is 10.0. The molecule has 0 saturated heterocycles. The molecule has 0 bridgehead atoms. The first kappa shape index (κ1) is 22.2. The minimum absolute atomic E-state index is 0.0218. The highest BCUT2D eigenvalue weighted by atomic mass is 32.1. The summed E-state index contributed by atoms with van der Waals surface area (Å²) in [5, 5.41) is 11.7. The number of aromatic nitrogens is 2. The van der Waals surface area contributed by atoms with E-state index < -0.39 is 0 Å². The molecule has 0 fully saturated rings. The number of rotatable bonds is 6. The van der Waals surface area contributed by atoms with Gasteiger partial charge in [-0.05, 0) is 36.8 Å². The van der Waals surface area contributed by atoms with Crippen LogP contribution in [0.2, 0.25) is 0 Å². The fourth-order valence-electron chi connectivity index (χ4n) is 3.54. The number of benzene rings is 1.